The Morgan fingerprint density at radius 1 is 1.19 bits per heavy atom. The molecule has 1 aromatic carbocycles. The third kappa shape index (κ3) is 3.23. The number of aromatic nitrogens is 2. The summed E-state index contributed by atoms with van der Waals surface area (Å²) in [5.41, 5.74) is 1.57. The summed E-state index contributed by atoms with van der Waals surface area (Å²) < 4.78 is 0. The number of thiophene rings is 1. The lowest BCUT2D eigenvalue weighted by Gasteiger charge is -2.22. The third-order valence-electron chi connectivity index (χ3n) is 4.00. The first-order chi connectivity index (χ1) is 12.6. The molecule has 2 heterocycles. The first-order valence-corrected chi connectivity index (χ1v) is 8.95. The SMILES string of the molecule is C=CCN(CC=C)c1nc(-c2ccccc2)nc2sc(C(=O)O)c(C)c12. The van der Waals surface area contributed by atoms with Crippen LogP contribution < -0.4 is 4.90 Å². The van der Waals surface area contributed by atoms with Crippen LogP contribution in [0, 0.1) is 6.92 Å². The molecule has 0 saturated carbocycles. The number of hydrogen-bond acceptors (Lipinski definition) is 5. The van der Waals surface area contributed by atoms with E-state index in [1.54, 1.807) is 19.1 Å². The highest BCUT2D eigenvalue weighted by Crippen LogP contribution is 2.37. The Balaban J connectivity index is 2.32. The summed E-state index contributed by atoms with van der Waals surface area (Å²) in [7, 11) is 0. The number of aryl methyl sites for hydroxylation is 1. The highest BCUT2D eigenvalue weighted by Gasteiger charge is 2.22. The molecule has 3 rings (SSSR count). The second-order valence-electron chi connectivity index (χ2n) is 5.76. The van der Waals surface area contributed by atoms with E-state index in [4.69, 9.17) is 4.98 Å². The van der Waals surface area contributed by atoms with Gasteiger partial charge < -0.3 is 10.0 Å². The molecule has 3 aromatic rings. The fraction of sp³-hybridized carbons (Fsp3) is 0.150. The van der Waals surface area contributed by atoms with E-state index >= 15 is 0 Å². The Labute approximate surface area is 156 Å². The van der Waals surface area contributed by atoms with Crippen molar-refractivity contribution in [1.29, 1.82) is 0 Å². The molecule has 0 spiro atoms. The van der Waals surface area contributed by atoms with Gasteiger partial charge in [0, 0.05) is 18.7 Å². The lowest BCUT2D eigenvalue weighted by atomic mass is 10.1. The largest absolute Gasteiger partial charge is 0.477 e. The average molecular weight is 365 g/mol. The maximum absolute atomic E-state index is 11.6. The van der Waals surface area contributed by atoms with E-state index in [-0.39, 0.29) is 4.88 Å². The zero-order valence-corrected chi connectivity index (χ0v) is 15.3. The standard InChI is InChI=1S/C20H19N3O2S/c1-4-11-23(12-5-2)18-15-13(3)16(20(24)25)26-19(15)22-17(21-18)14-9-7-6-8-10-14/h4-10H,1-2,11-12H2,3H3,(H,24,25). The van der Waals surface area contributed by atoms with E-state index in [0.29, 0.717) is 35.1 Å². The number of anilines is 1. The Morgan fingerprint density at radius 3 is 2.42 bits per heavy atom. The number of carbonyl (C=O) groups is 1. The number of benzene rings is 1. The predicted molar refractivity (Wildman–Crippen MR) is 107 cm³/mol. The lowest BCUT2D eigenvalue weighted by molar-refractivity contribution is 0.0701. The van der Waals surface area contributed by atoms with Crippen molar-refractivity contribution in [2.45, 2.75) is 6.92 Å². The molecule has 26 heavy (non-hydrogen) atoms. The highest BCUT2D eigenvalue weighted by atomic mass is 32.1. The van der Waals surface area contributed by atoms with Crippen molar-refractivity contribution in [2.75, 3.05) is 18.0 Å². The summed E-state index contributed by atoms with van der Waals surface area (Å²) in [4.78, 5) is 24.0. The van der Waals surface area contributed by atoms with Crippen LogP contribution in [-0.4, -0.2) is 34.1 Å². The normalized spacial score (nSPS) is 10.7. The van der Waals surface area contributed by atoms with Crippen molar-refractivity contribution >= 4 is 33.3 Å². The third-order valence-corrected chi connectivity index (χ3v) is 5.17. The molecule has 0 atom stereocenters. The van der Waals surface area contributed by atoms with Crippen LogP contribution in [0.1, 0.15) is 15.2 Å². The molecule has 0 radical (unpaired) electrons. The molecule has 0 fully saturated rings. The Hall–Kier alpha value is -2.99. The van der Waals surface area contributed by atoms with Crippen molar-refractivity contribution in [3.8, 4) is 11.4 Å². The topological polar surface area (TPSA) is 66.3 Å². The van der Waals surface area contributed by atoms with Crippen LogP contribution in [-0.2, 0) is 0 Å². The molecule has 0 bridgehead atoms. The van der Waals surface area contributed by atoms with Crippen LogP contribution in [0.3, 0.4) is 0 Å². The van der Waals surface area contributed by atoms with E-state index in [2.05, 4.69) is 18.1 Å². The van der Waals surface area contributed by atoms with Gasteiger partial charge in [-0.3, -0.25) is 0 Å². The molecule has 5 nitrogen and oxygen atoms in total. The number of fused-ring (bicyclic) bond motifs is 1. The fourth-order valence-electron chi connectivity index (χ4n) is 2.83. The number of aromatic carboxylic acids is 1. The molecule has 1 N–H and O–H groups in total. The van der Waals surface area contributed by atoms with Crippen LogP contribution >= 0.6 is 11.3 Å². The van der Waals surface area contributed by atoms with Gasteiger partial charge in [-0.25, -0.2) is 14.8 Å². The van der Waals surface area contributed by atoms with E-state index < -0.39 is 5.97 Å². The van der Waals surface area contributed by atoms with Crippen LogP contribution in [0.4, 0.5) is 5.82 Å². The molecular formula is C20H19N3O2S. The van der Waals surface area contributed by atoms with Crippen LogP contribution in [0.2, 0.25) is 0 Å². The summed E-state index contributed by atoms with van der Waals surface area (Å²) in [6, 6.07) is 9.67. The van der Waals surface area contributed by atoms with Crippen molar-refractivity contribution in [3.63, 3.8) is 0 Å². The molecule has 0 saturated heterocycles. The molecule has 0 aliphatic rings. The highest BCUT2D eigenvalue weighted by molar-refractivity contribution is 7.20. The summed E-state index contributed by atoms with van der Waals surface area (Å²) in [5.74, 6) is 0.330. The summed E-state index contributed by atoms with van der Waals surface area (Å²) in [6.45, 7) is 10.6. The number of rotatable bonds is 7. The van der Waals surface area contributed by atoms with Crippen molar-refractivity contribution < 1.29 is 9.90 Å². The maximum Gasteiger partial charge on any atom is 0.346 e. The zero-order chi connectivity index (χ0) is 18.7. The Bertz CT molecular complexity index is 970. The lowest BCUT2D eigenvalue weighted by Crippen LogP contribution is -2.24. The molecule has 6 heteroatoms. The second kappa shape index (κ2) is 7.49. The molecule has 0 unspecified atom stereocenters. The van der Waals surface area contributed by atoms with Gasteiger partial charge in [-0.2, -0.15) is 0 Å². The molecule has 2 aromatic heterocycles. The van der Waals surface area contributed by atoms with E-state index in [0.717, 1.165) is 10.9 Å². The Kier molecular flexibility index (Phi) is 5.14. The minimum Gasteiger partial charge on any atom is -0.477 e. The summed E-state index contributed by atoms with van der Waals surface area (Å²) in [6.07, 6.45) is 3.58. The number of carboxylic acid groups (broad SMARTS) is 1. The summed E-state index contributed by atoms with van der Waals surface area (Å²) >= 11 is 1.18. The molecule has 132 valence electrons. The van der Waals surface area contributed by atoms with Gasteiger partial charge in [-0.15, -0.1) is 24.5 Å². The van der Waals surface area contributed by atoms with Gasteiger partial charge in [0.15, 0.2) is 5.82 Å². The minimum absolute atomic E-state index is 0.290. The van der Waals surface area contributed by atoms with Gasteiger partial charge in [0.25, 0.3) is 0 Å². The van der Waals surface area contributed by atoms with Crippen LogP contribution in [0.25, 0.3) is 21.6 Å². The Morgan fingerprint density at radius 2 is 1.85 bits per heavy atom. The van der Waals surface area contributed by atoms with Crippen molar-refractivity contribution in [2.24, 2.45) is 0 Å². The molecule has 0 aliphatic carbocycles. The fourth-order valence-corrected chi connectivity index (χ4v) is 3.84. The van der Waals surface area contributed by atoms with Crippen LogP contribution in [0.15, 0.2) is 55.6 Å². The quantitative estimate of drug-likeness (QED) is 0.623. The van der Waals surface area contributed by atoms with Gasteiger partial charge in [-0.1, -0.05) is 42.5 Å². The van der Waals surface area contributed by atoms with Crippen molar-refractivity contribution in [1.82, 2.24) is 9.97 Å². The van der Waals surface area contributed by atoms with Gasteiger partial charge in [0.1, 0.15) is 15.5 Å². The van der Waals surface area contributed by atoms with Gasteiger partial charge in [-0.05, 0) is 12.5 Å². The summed E-state index contributed by atoms with van der Waals surface area (Å²) in [5, 5.41) is 10.3. The first kappa shape index (κ1) is 17.8. The van der Waals surface area contributed by atoms with Gasteiger partial charge in [0.05, 0.1) is 5.39 Å². The van der Waals surface area contributed by atoms with Crippen LogP contribution in [0.5, 0.6) is 0 Å². The molecular weight excluding hydrogens is 346 g/mol. The number of carboxylic acids is 1. The number of hydrogen-bond donors (Lipinski definition) is 1. The average Bonchev–Trinajstić information content (AvgIpc) is 2.99. The monoisotopic (exact) mass is 365 g/mol. The van der Waals surface area contributed by atoms with Crippen molar-refractivity contribution in [3.05, 3.63) is 66.1 Å². The number of nitrogens with zero attached hydrogens (tertiary/aromatic N) is 3. The smallest absolute Gasteiger partial charge is 0.346 e. The second-order valence-corrected chi connectivity index (χ2v) is 6.76. The van der Waals surface area contributed by atoms with Gasteiger partial charge in [0.2, 0.25) is 0 Å². The zero-order valence-electron chi connectivity index (χ0n) is 14.5. The maximum atomic E-state index is 11.6. The predicted octanol–water partition coefficient (Wildman–Crippen LogP) is 4.54. The van der Waals surface area contributed by atoms with E-state index in [1.807, 2.05) is 35.2 Å². The molecule has 0 amide bonds. The minimum atomic E-state index is -0.947. The first-order valence-electron chi connectivity index (χ1n) is 8.13. The van der Waals surface area contributed by atoms with Gasteiger partial charge >= 0.3 is 5.97 Å². The molecule has 0 aliphatic heterocycles. The van der Waals surface area contributed by atoms with E-state index in [1.165, 1.54) is 11.3 Å². The van der Waals surface area contributed by atoms with E-state index in [9.17, 15) is 9.90 Å².